The molecular formula is C9H9BrN4. The van der Waals surface area contributed by atoms with Crippen LogP contribution < -0.4 is 5.73 Å². The highest BCUT2D eigenvalue weighted by atomic mass is 79.9. The van der Waals surface area contributed by atoms with E-state index in [2.05, 4.69) is 26.0 Å². The first-order valence-electron chi connectivity index (χ1n) is 4.10. The molecule has 72 valence electrons. The highest BCUT2D eigenvalue weighted by molar-refractivity contribution is 9.10. The van der Waals surface area contributed by atoms with Gasteiger partial charge in [-0.15, -0.1) is 0 Å². The minimum absolute atomic E-state index is 0.468. The van der Waals surface area contributed by atoms with Crippen LogP contribution in [0.3, 0.4) is 0 Å². The maximum atomic E-state index is 5.67. The third kappa shape index (κ3) is 1.50. The monoisotopic (exact) mass is 252 g/mol. The van der Waals surface area contributed by atoms with Crippen LogP contribution in [-0.2, 0) is 0 Å². The van der Waals surface area contributed by atoms with Gasteiger partial charge in [-0.05, 0) is 34.5 Å². The van der Waals surface area contributed by atoms with Gasteiger partial charge in [0.1, 0.15) is 5.82 Å². The Kier molecular flexibility index (Phi) is 2.25. The van der Waals surface area contributed by atoms with Crippen LogP contribution in [0.5, 0.6) is 0 Å². The number of hydrogen-bond donors (Lipinski definition) is 1. The largest absolute Gasteiger partial charge is 0.383 e. The van der Waals surface area contributed by atoms with Crippen molar-refractivity contribution in [1.29, 1.82) is 0 Å². The van der Waals surface area contributed by atoms with E-state index in [1.165, 1.54) is 0 Å². The summed E-state index contributed by atoms with van der Waals surface area (Å²) < 4.78 is 2.53. The molecule has 0 spiro atoms. The van der Waals surface area contributed by atoms with Crippen molar-refractivity contribution in [3.8, 4) is 5.69 Å². The van der Waals surface area contributed by atoms with Crippen molar-refractivity contribution < 1.29 is 0 Å². The molecule has 0 aliphatic rings. The average molecular weight is 253 g/mol. The fourth-order valence-electron chi connectivity index (χ4n) is 1.17. The molecule has 0 saturated heterocycles. The number of nitrogen functional groups attached to an aromatic ring is 1. The summed E-state index contributed by atoms with van der Waals surface area (Å²) >= 11 is 3.38. The second kappa shape index (κ2) is 3.42. The van der Waals surface area contributed by atoms with Crippen LogP contribution in [0.15, 0.2) is 29.1 Å². The van der Waals surface area contributed by atoms with Gasteiger partial charge in [0.25, 0.3) is 0 Å². The van der Waals surface area contributed by atoms with E-state index in [0.717, 1.165) is 15.7 Å². The zero-order valence-electron chi connectivity index (χ0n) is 7.61. The van der Waals surface area contributed by atoms with E-state index in [1.54, 1.807) is 17.1 Å². The maximum Gasteiger partial charge on any atom is 0.139 e. The molecule has 4 nitrogen and oxygen atoms in total. The van der Waals surface area contributed by atoms with Crippen molar-refractivity contribution in [2.45, 2.75) is 6.92 Å². The third-order valence-electron chi connectivity index (χ3n) is 1.85. The summed E-state index contributed by atoms with van der Waals surface area (Å²) in [5.41, 5.74) is 7.66. The standard InChI is InChI=1S/C9H9BrN4/c1-6-4-13-14(5-6)7-2-3-12-9(11)8(7)10/h2-5H,1H3,(H2,11,12). The lowest BCUT2D eigenvalue weighted by Gasteiger charge is -2.05. The summed E-state index contributed by atoms with van der Waals surface area (Å²) in [5, 5.41) is 4.19. The average Bonchev–Trinajstić information content (AvgIpc) is 2.57. The van der Waals surface area contributed by atoms with Gasteiger partial charge >= 0.3 is 0 Å². The van der Waals surface area contributed by atoms with Gasteiger partial charge in [-0.1, -0.05) is 0 Å². The molecule has 0 aliphatic carbocycles. The molecular weight excluding hydrogens is 244 g/mol. The number of halogens is 1. The molecule has 0 radical (unpaired) electrons. The van der Waals surface area contributed by atoms with Crippen LogP contribution in [0.4, 0.5) is 5.82 Å². The van der Waals surface area contributed by atoms with Crippen molar-refractivity contribution >= 4 is 21.7 Å². The van der Waals surface area contributed by atoms with Gasteiger partial charge in [0.05, 0.1) is 16.4 Å². The highest BCUT2D eigenvalue weighted by Crippen LogP contribution is 2.24. The maximum absolute atomic E-state index is 5.67. The molecule has 0 aliphatic heterocycles. The van der Waals surface area contributed by atoms with Crippen molar-refractivity contribution in [2.75, 3.05) is 5.73 Å². The zero-order chi connectivity index (χ0) is 10.1. The molecule has 2 heterocycles. The van der Waals surface area contributed by atoms with E-state index in [9.17, 15) is 0 Å². The van der Waals surface area contributed by atoms with E-state index >= 15 is 0 Å². The van der Waals surface area contributed by atoms with Crippen LogP contribution in [-0.4, -0.2) is 14.8 Å². The first kappa shape index (κ1) is 9.21. The van der Waals surface area contributed by atoms with Crippen LogP contribution in [0.2, 0.25) is 0 Å². The lowest BCUT2D eigenvalue weighted by atomic mass is 10.4. The summed E-state index contributed by atoms with van der Waals surface area (Å²) in [4.78, 5) is 3.96. The van der Waals surface area contributed by atoms with Crippen molar-refractivity contribution in [3.05, 3.63) is 34.7 Å². The van der Waals surface area contributed by atoms with Gasteiger partial charge in [0.15, 0.2) is 0 Å². The van der Waals surface area contributed by atoms with E-state index < -0.39 is 0 Å². The van der Waals surface area contributed by atoms with Crippen molar-refractivity contribution in [1.82, 2.24) is 14.8 Å². The van der Waals surface area contributed by atoms with Crippen LogP contribution >= 0.6 is 15.9 Å². The smallest absolute Gasteiger partial charge is 0.139 e. The molecule has 2 N–H and O–H groups in total. The van der Waals surface area contributed by atoms with Gasteiger partial charge in [0, 0.05) is 12.4 Å². The Labute approximate surface area is 89.9 Å². The highest BCUT2D eigenvalue weighted by Gasteiger charge is 2.06. The minimum Gasteiger partial charge on any atom is -0.383 e. The number of rotatable bonds is 1. The Morgan fingerprint density at radius 3 is 2.93 bits per heavy atom. The molecule has 5 heteroatoms. The van der Waals surface area contributed by atoms with Crippen molar-refractivity contribution in [3.63, 3.8) is 0 Å². The van der Waals surface area contributed by atoms with Crippen LogP contribution in [0.25, 0.3) is 5.69 Å². The molecule has 0 aromatic carbocycles. The van der Waals surface area contributed by atoms with E-state index in [0.29, 0.717) is 5.82 Å². The number of nitrogens with two attached hydrogens (primary N) is 1. The Bertz CT molecular complexity index is 464. The summed E-state index contributed by atoms with van der Waals surface area (Å²) in [5.74, 6) is 0.468. The predicted molar refractivity (Wildman–Crippen MR) is 58.2 cm³/mol. The predicted octanol–water partition coefficient (Wildman–Crippen LogP) is 1.92. The molecule has 0 amide bonds. The Morgan fingerprint density at radius 2 is 2.29 bits per heavy atom. The SMILES string of the molecule is Cc1cnn(-c2ccnc(N)c2Br)c1. The summed E-state index contributed by atoms with van der Waals surface area (Å²) in [6.07, 6.45) is 5.38. The van der Waals surface area contributed by atoms with Crippen LogP contribution in [0, 0.1) is 6.92 Å². The Morgan fingerprint density at radius 1 is 1.50 bits per heavy atom. The number of aromatic nitrogens is 3. The first-order valence-corrected chi connectivity index (χ1v) is 4.89. The zero-order valence-corrected chi connectivity index (χ0v) is 9.19. The second-order valence-corrected chi connectivity index (χ2v) is 3.78. The van der Waals surface area contributed by atoms with Gasteiger partial charge in [0.2, 0.25) is 0 Å². The van der Waals surface area contributed by atoms with Gasteiger partial charge < -0.3 is 5.73 Å². The molecule has 2 aromatic heterocycles. The summed E-state index contributed by atoms with van der Waals surface area (Å²) in [6, 6.07) is 1.85. The van der Waals surface area contributed by atoms with Crippen molar-refractivity contribution in [2.24, 2.45) is 0 Å². The van der Waals surface area contributed by atoms with E-state index in [1.807, 2.05) is 19.2 Å². The fraction of sp³-hybridized carbons (Fsp3) is 0.111. The summed E-state index contributed by atoms with van der Waals surface area (Å²) in [6.45, 7) is 1.99. The minimum atomic E-state index is 0.468. The molecule has 0 fully saturated rings. The lowest BCUT2D eigenvalue weighted by molar-refractivity contribution is 0.873. The molecule has 14 heavy (non-hydrogen) atoms. The number of aryl methyl sites for hydroxylation is 1. The molecule has 2 aromatic rings. The third-order valence-corrected chi connectivity index (χ3v) is 2.67. The number of hydrogen-bond acceptors (Lipinski definition) is 3. The van der Waals surface area contributed by atoms with Crippen LogP contribution in [0.1, 0.15) is 5.56 Å². The molecule has 0 bridgehead atoms. The first-order chi connectivity index (χ1) is 6.68. The number of pyridine rings is 1. The molecule has 2 rings (SSSR count). The lowest BCUT2D eigenvalue weighted by Crippen LogP contribution is -1.99. The number of anilines is 1. The molecule has 0 atom stereocenters. The fourth-order valence-corrected chi connectivity index (χ4v) is 1.59. The van der Waals surface area contributed by atoms with Gasteiger partial charge in [-0.25, -0.2) is 9.67 Å². The Hall–Kier alpha value is -1.36. The van der Waals surface area contributed by atoms with E-state index in [4.69, 9.17) is 5.73 Å². The Balaban J connectivity index is 2.57. The quantitative estimate of drug-likeness (QED) is 0.844. The second-order valence-electron chi connectivity index (χ2n) is 2.99. The number of nitrogens with zero attached hydrogens (tertiary/aromatic N) is 3. The van der Waals surface area contributed by atoms with Gasteiger partial charge in [-0.3, -0.25) is 0 Å². The molecule has 0 saturated carbocycles. The topological polar surface area (TPSA) is 56.7 Å². The summed E-state index contributed by atoms with van der Waals surface area (Å²) in [7, 11) is 0. The molecule has 0 unspecified atom stereocenters. The van der Waals surface area contributed by atoms with E-state index in [-0.39, 0.29) is 0 Å². The van der Waals surface area contributed by atoms with Gasteiger partial charge in [-0.2, -0.15) is 5.10 Å². The normalized spacial score (nSPS) is 10.4.